The number of H-pyrrole nitrogens is 1. The molecule has 0 fully saturated rings. The van der Waals surface area contributed by atoms with Gasteiger partial charge in [0.25, 0.3) is 5.56 Å². The third kappa shape index (κ3) is 4.91. The normalized spacial score (nSPS) is 11.9. The first kappa shape index (κ1) is 23.7. The molecule has 2 aromatic carbocycles. The van der Waals surface area contributed by atoms with Gasteiger partial charge < -0.3 is 5.11 Å². The lowest BCUT2D eigenvalue weighted by Gasteiger charge is -2.21. The number of carboxylic acids is 1. The Hall–Kier alpha value is -3.40. The van der Waals surface area contributed by atoms with Crippen LogP contribution in [0.2, 0.25) is 10.0 Å². The van der Waals surface area contributed by atoms with Crippen LogP contribution < -0.4 is 11.2 Å². The summed E-state index contributed by atoms with van der Waals surface area (Å²) in [5.41, 5.74) is 1.34. The number of aromatic nitrogens is 4. The predicted octanol–water partition coefficient (Wildman–Crippen LogP) is 4.51. The number of aromatic amines is 1. The number of rotatable bonds is 6. The molecule has 1 atom stereocenters. The molecular weight excluding hydrogens is 499 g/mol. The van der Waals surface area contributed by atoms with Crippen LogP contribution in [0.1, 0.15) is 32.3 Å². The highest BCUT2D eigenvalue weighted by Crippen LogP contribution is 2.46. The molecule has 0 aliphatic carbocycles. The molecule has 0 saturated carbocycles. The molecule has 0 amide bonds. The maximum absolute atomic E-state index is 12.2. The van der Waals surface area contributed by atoms with E-state index in [0.717, 1.165) is 22.0 Å². The molecule has 0 aliphatic heterocycles. The predicted molar refractivity (Wildman–Crippen MR) is 131 cm³/mol. The fourth-order valence-corrected chi connectivity index (χ4v) is 5.39. The van der Waals surface area contributed by atoms with E-state index in [2.05, 4.69) is 15.1 Å². The number of hydrogen-bond donors (Lipinski definition) is 2. The van der Waals surface area contributed by atoms with Crippen molar-refractivity contribution in [3.8, 4) is 5.69 Å². The van der Waals surface area contributed by atoms with Crippen LogP contribution in [0.4, 0.5) is 0 Å². The van der Waals surface area contributed by atoms with Crippen molar-refractivity contribution in [2.75, 3.05) is 0 Å². The van der Waals surface area contributed by atoms with Crippen molar-refractivity contribution in [3.63, 3.8) is 0 Å². The maximum atomic E-state index is 12.2. The topological polar surface area (TPSA) is 118 Å². The zero-order valence-electron chi connectivity index (χ0n) is 17.5. The number of carbonyl (C=O) groups is 1. The first-order valence-electron chi connectivity index (χ1n) is 9.84. The molecule has 4 rings (SSSR count). The van der Waals surface area contributed by atoms with Crippen molar-refractivity contribution >= 4 is 40.9 Å². The van der Waals surface area contributed by atoms with Crippen LogP contribution in [-0.4, -0.2) is 30.8 Å². The SMILES string of the molecule is Cc1ccc(C(Sc2ncccc2C(=O)O)c2c(Cl)cc(-n3ncc(=O)[nH]c3=O)cc2Cl)cc1. The van der Waals surface area contributed by atoms with E-state index in [4.69, 9.17) is 23.2 Å². The van der Waals surface area contributed by atoms with E-state index in [9.17, 15) is 19.5 Å². The fourth-order valence-electron chi connectivity index (χ4n) is 3.27. The first-order chi connectivity index (χ1) is 16.2. The van der Waals surface area contributed by atoms with Gasteiger partial charge in [-0.1, -0.05) is 64.8 Å². The third-order valence-corrected chi connectivity index (χ3v) is 6.81. The van der Waals surface area contributed by atoms with Crippen LogP contribution in [0.5, 0.6) is 0 Å². The summed E-state index contributed by atoms with van der Waals surface area (Å²) in [6.07, 6.45) is 2.48. The number of nitrogens with zero attached hydrogens (tertiary/aromatic N) is 3. The van der Waals surface area contributed by atoms with Gasteiger partial charge in [-0.15, -0.1) is 0 Å². The minimum Gasteiger partial charge on any atom is -0.478 e. The van der Waals surface area contributed by atoms with Gasteiger partial charge in [-0.3, -0.25) is 9.78 Å². The zero-order valence-corrected chi connectivity index (χ0v) is 19.9. The Morgan fingerprint density at radius 3 is 2.41 bits per heavy atom. The Balaban J connectivity index is 1.86. The molecule has 2 aromatic heterocycles. The van der Waals surface area contributed by atoms with Gasteiger partial charge in [-0.25, -0.2) is 14.6 Å². The number of thioether (sulfide) groups is 1. The second kappa shape index (κ2) is 9.84. The van der Waals surface area contributed by atoms with Crippen molar-refractivity contribution < 1.29 is 9.90 Å². The number of pyridine rings is 1. The van der Waals surface area contributed by atoms with Crippen molar-refractivity contribution in [3.05, 3.63) is 114 Å². The van der Waals surface area contributed by atoms with Crippen molar-refractivity contribution in [2.45, 2.75) is 17.2 Å². The number of benzene rings is 2. The minimum absolute atomic E-state index is 0.0532. The molecule has 8 nitrogen and oxygen atoms in total. The molecule has 172 valence electrons. The number of carboxylic acid groups (broad SMARTS) is 1. The summed E-state index contributed by atoms with van der Waals surface area (Å²) in [6, 6.07) is 13.7. The molecule has 1 unspecified atom stereocenters. The molecule has 34 heavy (non-hydrogen) atoms. The molecule has 0 saturated heterocycles. The van der Waals surface area contributed by atoms with Gasteiger partial charge in [-0.2, -0.15) is 9.78 Å². The van der Waals surface area contributed by atoms with E-state index in [1.54, 1.807) is 6.07 Å². The largest absolute Gasteiger partial charge is 0.478 e. The monoisotopic (exact) mass is 514 g/mol. The minimum atomic E-state index is -1.10. The second-order valence-electron chi connectivity index (χ2n) is 7.24. The third-order valence-electron chi connectivity index (χ3n) is 4.89. The lowest BCUT2D eigenvalue weighted by atomic mass is 10.0. The lowest BCUT2D eigenvalue weighted by Crippen LogP contribution is -2.30. The molecule has 0 radical (unpaired) electrons. The summed E-state index contributed by atoms with van der Waals surface area (Å²) in [6.45, 7) is 1.96. The van der Waals surface area contributed by atoms with E-state index in [0.29, 0.717) is 10.6 Å². The quantitative estimate of drug-likeness (QED) is 0.363. The molecule has 0 aliphatic rings. The van der Waals surface area contributed by atoms with Crippen molar-refractivity contribution in [1.29, 1.82) is 0 Å². The second-order valence-corrected chi connectivity index (χ2v) is 9.15. The molecule has 0 spiro atoms. The van der Waals surface area contributed by atoms with E-state index in [1.165, 1.54) is 36.2 Å². The number of hydrogen-bond acceptors (Lipinski definition) is 6. The van der Waals surface area contributed by atoms with Crippen LogP contribution in [0, 0.1) is 6.92 Å². The van der Waals surface area contributed by atoms with Gasteiger partial charge in [-0.05, 0) is 36.8 Å². The van der Waals surface area contributed by atoms with Gasteiger partial charge >= 0.3 is 11.7 Å². The molecule has 2 heterocycles. The Morgan fingerprint density at radius 1 is 1.12 bits per heavy atom. The fraction of sp³-hybridized carbons (Fsp3) is 0.0870. The summed E-state index contributed by atoms with van der Waals surface area (Å²) >= 11 is 14.5. The van der Waals surface area contributed by atoms with Gasteiger partial charge in [0.15, 0.2) is 0 Å². The highest BCUT2D eigenvalue weighted by molar-refractivity contribution is 7.99. The number of halogens is 2. The molecular formula is C23H16Cl2N4O4S. The van der Waals surface area contributed by atoms with Gasteiger partial charge in [0.1, 0.15) is 11.2 Å². The van der Waals surface area contributed by atoms with Crippen molar-refractivity contribution in [2.24, 2.45) is 0 Å². The standard InChI is InChI=1S/C23H16Cl2N4O4S/c1-12-4-6-13(7-5-12)20(34-21-15(22(31)32)3-2-8-26-21)19-16(24)9-14(10-17(19)25)29-23(33)28-18(30)11-27-29/h2-11,20H,1H3,(H,31,32)(H,28,30,33). The molecule has 0 bridgehead atoms. The Kier molecular flexibility index (Phi) is 6.87. The van der Waals surface area contributed by atoms with Crippen LogP contribution in [0.3, 0.4) is 0 Å². The molecule has 4 aromatic rings. The highest BCUT2D eigenvalue weighted by atomic mass is 35.5. The van der Waals surface area contributed by atoms with Crippen LogP contribution in [-0.2, 0) is 0 Å². The molecule has 11 heteroatoms. The van der Waals surface area contributed by atoms with Crippen LogP contribution in [0.25, 0.3) is 5.69 Å². The summed E-state index contributed by atoms with van der Waals surface area (Å²) in [5, 5.41) is 13.7. The van der Waals surface area contributed by atoms with Crippen LogP contribution >= 0.6 is 35.0 Å². The zero-order chi connectivity index (χ0) is 24.4. The Bertz CT molecular complexity index is 1480. The van der Waals surface area contributed by atoms with Gasteiger partial charge in [0.2, 0.25) is 0 Å². The average Bonchev–Trinajstić information content (AvgIpc) is 2.78. The Morgan fingerprint density at radius 2 is 1.79 bits per heavy atom. The number of aromatic carboxylic acids is 1. The number of aryl methyl sites for hydroxylation is 1. The maximum Gasteiger partial charge on any atom is 0.349 e. The Labute approximate surface area is 207 Å². The number of nitrogens with one attached hydrogen (secondary N) is 1. The smallest absolute Gasteiger partial charge is 0.349 e. The highest BCUT2D eigenvalue weighted by Gasteiger charge is 2.25. The lowest BCUT2D eigenvalue weighted by molar-refractivity contribution is 0.0692. The summed E-state index contributed by atoms with van der Waals surface area (Å²) in [7, 11) is 0. The first-order valence-corrected chi connectivity index (χ1v) is 11.5. The van der Waals surface area contributed by atoms with E-state index in [-0.39, 0.29) is 21.3 Å². The summed E-state index contributed by atoms with van der Waals surface area (Å²) in [4.78, 5) is 41.6. The van der Waals surface area contributed by atoms with Crippen LogP contribution in [0.15, 0.2) is 75.5 Å². The van der Waals surface area contributed by atoms with E-state index in [1.807, 2.05) is 31.2 Å². The average molecular weight is 515 g/mol. The van der Waals surface area contributed by atoms with Gasteiger partial charge in [0, 0.05) is 21.8 Å². The van der Waals surface area contributed by atoms with E-state index < -0.39 is 22.5 Å². The van der Waals surface area contributed by atoms with E-state index >= 15 is 0 Å². The summed E-state index contributed by atoms with van der Waals surface area (Å²) < 4.78 is 0.970. The van der Waals surface area contributed by atoms with Gasteiger partial charge in [0.05, 0.1) is 16.5 Å². The summed E-state index contributed by atoms with van der Waals surface area (Å²) in [5.74, 6) is -1.10. The molecule has 2 N–H and O–H groups in total. The van der Waals surface area contributed by atoms with Crippen molar-refractivity contribution in [1.82, 2.24) is 19.7 Å².